The summed E-state index contributed by atoms with van der Waals surface area (Å²) in [4.78, 5) is 26.9. The van der Waals surface area contributed by atoms with E-state index in [1.165, 1.54) is 11.0 Å². The largest absolute Gasteiger partial charge is 0.379 e. The number of hydrogen-bond donors (Lipinski definition) is 0. The maximum absolute atomic E-state index is 12.3. The van der Waals surface area contributed by atoms with Gasteiger partial charge in [-0.05, 0) is 19.4 Å². The molecular formula is C14H20N2O3. The molecule has 2 amide bonds. The van der Waals surface area contributed by atoms with Crippen LogP contribution in [0.4, 0.5) is 0 Å². The molecule has 0 spiro atoms. The van der Waals surface area contributed by atoms with E-state index in [0.717, 1.165) is 6.42 Å². The van der Waals surface area contributed by atoms with Crippen molar-refractivity contribution in [2.45, 2.75) is 19.4 Å². The summed E-state index contributed by atoms with van der Waals surface area (Å²) in [6.45, 7) is 7.13. The highest BCUT2D eigenvalue weighted by molar-refractivity contribution is 5.91. The van der Waals surface area contributed by atoms with Gasteiger partial charge in [0, 0.05) is 13.2 Å². The van der Waals surface area contributed by atoms with Gasteiger partial charge in [-0.15, -0.1) is 6.42 Å². The minimum absolute atomic E-state index is 0.0149. The fourth-order valence-electron chi connectivity index (χ4n) is 2.02. The Labute approximate surface area is 114 Å². The average molecular weight is 264 g/mol. The lowest BCUT2D eigenvalue weighted by Crippen LogP contribution is -2.47. The highest BCUT2D eigenvalue weighted by Crippen LogP contribution is 2.12. The van der Waals surface area contributed by atoms with Crippen LogP contribution in [0.25, 0.3) is 0 Å². The number of hydrogen-bond acceptors (Lipinski definition) is 3. The predicted octanol–water partition coefficient (Wildman–Crippen LogP) is 0.272. The van der Waals surface area contributed by atoms with Gasteiger partial charge in [0.2, 0.25) is 11.8 Å². The third-order valence-electron chi connectivity index (χ3n) is 3.12. The summed E-state index contributed by atoms with van der Waals surface area (Å²) in [5.41, 5.74) is 0. The molecule has 1 aliphatic rings. The number of likely N-dealkylation sites (N-methyl/N-ethyl adjacent to an activating group) is 1. The van der Waals surface area contributed by atoms with Crippen molar-refractivity contribution in [1.82, 2.24) is 9.80 Å². The van der Waals surface area contributed by atoms with Gasteiger partial charge in [-0.25, -0.2) is 0 Å². The fourth-order valence-corrected chi connectivity index (χ4v) is 2.02. The molecule has 0 radical (unpaired) electrons. The van der Waals surface area contributed by atoms with E-state index in [4.69, 9.17) is 11.2 Å². The van der Waals surface area contributed by atoms with Gasteiger partial charge in [-0.3, -0.25) is 9.59 Å². The van der Waals surface area contributed by atoms with Gasteiger partial charge in [-0.2, -0.15) is 0 Å². The molecule has 1 fully saturated rings. The van der Waals surface area contributed by atoms with Crippen LogP contribution in [0.15, 0.2) is 12.7 Å². The van der Waals surface area contributed by atoms with Gasteiger partial charge < -0.3 is 14.5 Å². The lowest BCUT2D eigenvalue weighted by atomic mass is 10.2. The molecule has 0 aromatic rings. The molecule has 1 aliphatic heterocycles. The van der Waals surface area contributed by atoms with Gasteiger partial charge in [0.1, 0.15) is 6.54 Å². The highest BCUT2D eigenvalue weighted by atomic mass is 16.5. The first kappa shape index (κ1) is 15.3. The number of nitrogens with zero attached hydrogens (tertiary/aromatic N) is 2. The van der Waals surface area contributed by atoms with Crippen LogP contribution in [-0.2, 0) is 14.3 Å². The van der Waals surface area contributed by atoms with Crippen molar-refractivity contribution in [2.75, 3.05) is 32.8 Å². The molecular weight excluding hydrogens is 244 g/mol. The molecule has 5 heteroatoms. The third kappa shape index (κ3) is 4.11. The Morgan fingerprint density at radius 3 is 2.79 bits per heavy atom. The summed E-state index contributed by atoms with van der Waals surface area (Å²) in [5.74, 6) is 2.09. The monoisotopic (exact) mass is 264 g/mol. The van der Waals surface area contributed by atoms with Crippen molar-refractivity contribution in [1.29, 1.82) is 0 Å². The number of carbonyl (C=O) groups is 2. The van der Waals surface area contributed by atoms with Crippen molar-refractivity contribution in [3.8, 4) is 12.3 Å². The molecule has 1 saturated heterocycles. The highest BCUT2D eigenvalue weighted by Gasteiger charge is 2.28. The predicted molar refractivity (Wildman–Crippen MR) is 72.2 cm³/mol. The third-order valence-corrected chi connectivity index (χ3v) is 3.12. The zero-order valence-electron chi connectivity index (χ0n) is 11.3. The minimum Gasteiger partial charge on any atom is -0.379 e. The molecule has 0 bridgehead atoms. The molecule has 0 aliphatic carbocycles. The van der Waals surface area contributed by atoms with Crippen LogP contribution in [0.3, 0.4) is 0 Å². The summed E-state index contributed by atoms with van der Waals surface area (Å²) in [6, 6.07) is 0.0149. The van der Waals surface area contributed by atoms with Crippen LogP contribution in [0.5, 0.6) is 0 Å². The van der Waals surface area contributed by atoms with E-state index in [2.05, 4.69) is 12.5 Å². The summed E-state index contributed by atoms with van der Waals surface area (Å²) in [6.07, 6.45) is 7.30. The first-order valence-electron chi connectivity index (χ1n) is 6.36. The number of terminal acetylenes is 1. The molecule has 1 atom stereocenters. The van der Waals surface area contributed by atoms with Crippen LogP contribution in [0.2, 0.25) is 0 Å². The molecule has 1 unspecified atom stereocenters. The summed E-state index contributed by atoms with van der Waals surface area (Å²) < 4.78 is 5.28. The van der Waals surface area contributed by atoms with Crippen molar-refractivity contribution >= 4 is 11.8 Å². The van der Waals surface area contributed by atoms with Crippen molar-refractivity contribution in [2.24, 2.45) is 0 Å². The van der Waals surface area contributed by atoms with Crippen LogP contribution in [-0.4, -0.2) is 60.5 Å². The van der Waals surface area contributed by atoms with E-state index >= 15 is 0 Å². The summed E-state index contributed by atoms with van der Waals surface area (Å²) in [7, 11) is 0. The van der Waals surface area contributed by atoms with Crippen LogP contribution >= 0.6 is 0 Å². The zero-order chi connectivity index (χ0) is 14.3. The van der Waals surface area contributed by atoms with Gasteiger partial charge in [0.15, 0.2) is 0 Å². The van der Waals surface area contributed by atoms with Crippen molar-refractivity contribution < 1.29 is 14.3 Å². The molecule has 0 aromatic carbocycles. The number of ether oxygens (including phenoxy) is 1. The molecule has 5 nitrogen and oxygen atoms in total. The fraction of sp³-hybridized carbons (Fsp3) is 0.571. The van der Waals surface area contributed by atoms with E-state index in [9.17, 15) is 9.59 Å². The number of carbonyl (C=O) groups excluding carboxylic acids is 2. The van der Waals surface area contributed by atoms with Crippen molar-refractivity contribution in [3.63, 3.8) is 0 Å². The topological polar surface area (TPSA) is 49.9 Å². The summed E-state index contributed by atoms with van der Waals surface area (Å²) >= 11 is 0. The number of rotatable bonds is 6. The van der Waals surface area contributed by atoms with Gasteiger partial charge >= 0.3 is 0 Å². The Kier molecular flexibility index (Phi) is 6.10. The van der Waals surface area contributed by atoms with Crippen LogP contribution in [0, 0.1) is 12.3 Å². The first-order chi connectivity index (χ1) is 9.13. The van der Waals surface area contributed by atoms with Gasteiger partial charge in [-0.1, -0.05) is 12.5 Å². The van der Waals surface area contributed by atoms with Crippen molar-refractivity contribution in [3.05, 3.63) is 12.7 Å². The zero-order valence-corrected chi connectivity index (χ0v) is 11.3. The van der Waals surface area contributed by atoms with E-state index in [1.54, 1.807) is 4.90 Å². The molecule has 0 N–H and O–H groups in total. The summed E-state index contributed by atoms with van der Waals surface area (Å²) in [5, 5.41) is 0. The molecule has 1 rings (SSSR count). The molecule has 0 saturated carbocycles. The van der Waals surface area contributed by atoms with E-state index in [-0.39, 0.29) is 30.9 Å². The van der Waals surface area contributed by atoms with E-state index < -0.39 is 0 Å². The second-order valence-corrected chi connectivity index (χ2v) is 4.30. The Bertz CT molecular complexity index is 381. The SMILES string of the molecule is C#CCN(C(=O)CN(CC)C(=O)C=C)C1CCOC1. The van der Waals surface area contributed by atoms with Gasteiger partial charge in [0.05, 0.1) is 19.2 Å². The average Bonchev–Trinajstić information content (AvgIpc) is 2.94. The van der Waals surface area contributed by atoms with Crippen LogP contribution in [0.1, 0.15) is 13.3 Å². The molecule has 104 valence electrons. The maximum Gasteiger partial charge on any atom is 0.246 e. The Morgan fingerprint density at radius 1 is 1.58 bits per heavy atom. The second kappa shape index (κ2) is 7.59. The molecule has 0 aromatic heterocycles. The quantitative estimate of drug-likeness (QED) is 0.511. The smallest absolute Gasteiger partial charge is 0.246 e. The minimum atomic E-state index is -0.251. The Balaban J connectivity index is 2.68. The lowest BCUT2D eigenvalue weighted by Gasteiger charge is -2.28. The van der Waals surface area contributed by atoms with E-state index in [1.807, 2.05) is 6.92 Å². The van der Waals surface area contributed by atoms with E-state index in [0.29, 0.717) is 19.8 Å². The normalized spacial score (nSPS) is 17.6. The lowest BCUT2D eigenvalue weighted by molar-refractivity contribution is -0.139. The van der Waals surface area contributed by atoms with Crippen LogP contribution < -0.4 is 0 Å². The maximum atomic E-state index is 12.3. The first-order valence-corrected chi connectivity index (χ1v) is 6.36. The second-order valence-electron chi connectivity index (χ2n) is 4.30. The number of amides is 2. The standard InChI is InChI=1S/C14H20N2O3/c1-4-8-16(12-7-9-19-11-12)14(18)10-15(6-3)13(17)5-2/h1,5,12H,2,6-11H2,3H3. The van der Waals surface area contributed by atoms with Gasteiger partial charge in [0.25, 0.3) is 0 Å². The Hall–Kier alpha value is -1.80. The Morgan fingerprint density at radius 2 is 2.32 bits per heavy atom. The molecule has 1 heterocycles. The molecule has 19 heavy (non-hydrogen) atoms.